The number of benzene rings is 1. The number of hydrogen-bond acceptors (Lipinski definition) is 3. The topological polar surface area (TPSA) is 42.9 Å². The Morgan fingerprint density at radius 3 is 2.61 bits per heavy atom. The molecule has 1 unspecified atom stereocenters. The quantitative estimate of drug-likeness (QED) is 0.218. The Morgan fingerprint density at radius 2 is 1.96 bits per heavy atom. The van der Waals surface area contributed by atoms with Gasteiger partial charge in [-0.2, -0.15) is 0 Å². The van der Waals surface area contributed by atoms with E-state index in [-0.39, 0.29) is 29.8 Å². The lowest BCUT2D eigenvalue weighted by atomic mass is 10.1. The molecule has 0 radical (unpaired) electrons. The van der Waals surface area contributed by atoms with Crippen LogP contribution < -0.4 is 10.6 Å². The van der Waals surface area contributed by atoms with Crippen molar-refractivity contribution in [1.29, 1.82) is 0 Å². The number of guanidine groups is 1. The molecule has 1 fully saturated rings. The SMILES string of the molecule is CN=C(NCCCc1ccc(Br)cc1F)NCC(C)CN1CCN(C)CC1.I. The van der Waals surface area contributed by atoms with Crippen molar-refractivity contribution >= 4 is 45.9 Å². The molecule has 0 aliphatic carbocycles. The third-order valence-electron chi connectivity index (χ3n) is 4.94. The molecule has 28 heavy (non-hydrogen) atoms. The summed E-state index contributed by atoms with van der Waals surface area (Å²) in [5, 5.41) is 6.73. The maximum atomic E-state index is 13.8. The van der Waals surface area contributed by atoms with Gasteiger partial charge in [0.1, 0.15) is 5.82 Å². The predicted octanol–water partition coefficient (Wildman–Crippen LogP) is 3.19. The standard InChI is InChI=1S/C20H33BrFN5.HI/c1-16(15-27-11-9-26(3)10-12-27)14-25-20(23-2)24-8-4-5-17-6-7-18(21)13-19(17)22;/h6-7,13,16H,4-5,8-12,14-15H2,1-3H3,(H2,23,24,25);1H. The highest BCUT2D eigenvalue weighted by Crippen LogP contribution is 2.16. The molecule has 0 aromatic heterocycles. The molecule has 1 aliphatic heterocycles. The molecule has 2 N–H and O–H groups in total. The molecule has 1 saturated heterocycles. The minimum Gasteiger partial charge on any atom is -0.356 e. The molecule has 1 atom stereocenters. The second-order valence-electron chi connectivity index (χ2n) is 7.43. The van der Waals surface area contributed by atoms with Gasteiger partial charge in [0.05, 0.1) is 0 Å². The molecule has 1 aliphatic rings. The fourth-order valence-corrected chi connectivity index (χ4v) is 3.57. The van der Waals surface area contributed by atoms with Crippen LogP contribution in [0.3, 0.4) is 0 Å². The number of likely N-dealkylation sites (N-methyl/N-ethyl adjacent to an activating group) is 1. The summed E-state index contributed by atoms with van der Waals surface area (Å²) >= 11 is 3.29. The van der Waals surface area contributed by atoms with Crippen molar-refractivity contribution in [2.45, 2.75) is 19.8 Å². The normalized spacial score (nSPS) is 17.1. The van der Waals surface area contributed by atoms with E-state index in [9.17, 15) is 4.39 Å². The predicted molar refractivity (Wildman–Crippen MR) is 130 cm³/mol. The molecule has 2 rings (SSSR count). The number of piperazine rings is 1. The van der Waals surface area contributed by atoms with E-state index in [0.29, 0.717) is 12.3 Å². The second-order valence-corrected chi connectivity index (χ2v) is 8.34. The van der Waals surface area contributed by atoms with E-state index in [1.165, 1.54) is 6.07 Å². The van der Waals surface area contributed by atoms with Crippen molar-refractivity contribution in [1.82, 2.24) is 20.4 Å². The third-order valence-corrected chi connectivity index (χ3v) is 5.43. The Balaban J connectivity index is 0.00000392. The lowest BCUT2D eigenvalue weighted by Crippen LogP contribution is -2.47. The first-order valence-corrected chi connectivity index (χ1v) is 10.6. The van der Waals surface area contributed by atoms with Crippen LogP contribution in [0.4, 0.5) is 4.39 Å². The van der Waals surface area contributed by atoms with Crippen LogP contribution in [-0.4, -0.2) is 75.7 Å². The van der Waals surface area contributed by atoms with Crippen LogP contribution in [-0.2, 0) is 6.42 Å². The lowest BCUT2D eigenvalue weighted by Gasteiger charge is -2.34. The number of rotatable bonds is 8. The number of nitrogens with zero attached hydrogens (tertiary/aromatic N) is 3. The van der Waals surface area contributed by atoms with Gasteiger partial charge in [0, 0.05) is 57.3 Å². The maximum Gasteiger partial charge on any atom is 0.190 e. The van der Waals surface area contributed by atoms with Crippen molar-refractivity contribution in [2.24, 2.45) is 10.9 Å². The van der Waals surface area contributed by atoms with Crippen LogP contribution >= 0.6 is 39.9 Å². The maximum absolute atomic E-state index is 13.8. The number of hydrogen-bond donors (Lipinski definition) is 2. The van der Waals surface area contributed by atoms with Gasteiger partial charge < -0.3 is 20.4 Å². The van der Waals surface area contributed by atoms with E-state index in [0.717, 1.165) is 68.2 Å². The van der Waals surface area contributed by atoms with Crippen LogP contribution in [0, 0.1) is 11.7 Å². The van der Waals surface area contributed by atoms with Crippen molar-refractivity contribution in [2.75, 3.05) is 59.9 Å². The fraction of sp³-hybridized carbons (Fsp3) is 0.650. The van der Waals surface area contributed by atoms with Crippen LogP contribution in [0.25, 0.3) is 0 Å². The smallest absolute Gasteiger partial charge is 0.190 e. The van der Waals surface area contributed by atoms with Crippen molar-refractivity contribution in [3.05, 3.63) is 34.1 Å². The molecule has 1 aromatic rings. The first kappa shape index (κ1) is 25.6. The van der Waals surface area contributed by atoms with Gasteiger partial charge >= 0.3 is 0 Å². The summed E-state index contributed by atoms with van der Waals surface area (Å²) in [7, 11) is 3.97. The van der Waals surface area contributed by atoms with E-state index in [1.54, 1.807) is 7.05 Å². The Bertz CT molecular complexity index is 608. The van der Waals surface area contributed by atoms with Crippen LogP contribution in [0.15, 0.2) is 27.7 Å². The van der Waals surface area contributed by atoms with Crippen molar-refractivity contribution < 1.29 is 4.39 Å². The summed E-state index contributed by atoms with van der Waals surface area (Å²) in [6.07, 6.45) is 1.57. The van der Waals surface area contributed by atoms with Gasteiger partial charge in [0.2, 0.25) is 0 Å². The fourth-order valence-electron chi connectivity index (χ4n) is 3.24. The van der Waals surface area contributed by atoms with Gasteiger partial charge in [-0.05, 0) is 43.5 Å². The summed E-state index contributed by atoms with van der Waals surface area (Å²) in [6, 6.07) is 5.24. The minimum atomic E-state index is -0.149. The largest absolute Gasteiger partial charge is 0.356 e. The number of halogens is 3. The third kappa shape index (κ3) is 9.37. The molecule has 0 amide bonds. The number of aryl methyl sites for hydroxylation is 1. The summed E-state index contributed by atoms with van der Waals surface area (Å²) < 4.78 is 14.6. The molecule has 1 aromatic carbocycles. The molecular weight excluding hydrogens is 536 g/mol. The van der Waals surface area contributed by atoms with E-state index < -0.39 is 0 Å². The van der Waals surface area contributed by atoms with Crippen LogP contribution in [0.2, 0.25) is 0 Å². The second kappa shape index (κ2) is 13.7. The Hall–Kier alpha value is -0.450. The van der Waals surface area contributed by atoms with Crippen LogP contribution in [0.1, 0.15) is 18.9 Å². The average molecular weight is 570 g/mol. The van der Waals surface area contributed by atoms with Gasteiger partial charge in [-0.15, -0.1) is 24.0 Å². The highest BCUT2D eigenvalue weighted by Gasteiger charge is 2.16. The zero-order valence-corrected chi connectivity index (χ0v) is 21.1. The van der Waals surface area contributed by atoms with Crippen LogP contribution in [0.5, 0.6) is 0 Å². The molecule has 8 heteroatoms. The molecular formula is C20H34BrFIN5. The zero-order chi connectivity index (χ0) is 19.6. The summed E-state index contributed by atoms with van der Waals surface area (Å²) in [5.41, 5.74) is 0.753. The van der Waals surface area contributed by atoms with Gasteiger partial charge in [0.15, 0.2) is 5.96 Å². The monoisotopic (exact) mass is 569 g/mol. The molecule has 0 spiro atoms. The number of aliphatic imine (C=N–C) groups is 1. The molecule has 0 bridgehead atoms. The van der Waals surface area contributed by atoms with Crippen molar-refractivity contribution in [3.8, 4) is 0 Å². The van der Waals surface area contributed by atoms with Gasteiger partial charge in [0.25, 0.3) is 0 Å². The average Bonchev–Trinajstić information content (AvgIpc) is 2.64. The summed E-state index contributed by atoms with van der Waals surface area (Å²) in [4.78, 5) is 9.20. The van der Waals surface area contributed by atoms with E-state index in [1.807, 2.05) is 12.1 Å². The molecule has 0 saturated carbocycles. The van der Waals surface area contributed by atoms with Gasteiger partial charge in [-0.1, -0.05) is 28.9 Å². The van der Waals surface area contributed by atoms with Gasteiger partial charge in [-0.25, -0.2) is 4.39 Å². The zero-order valence-electron chi connectivity index (χ0n) is 17.2. The van der Waals surface area contributed by atoms with E-state index >= 15 is 0 Å². The molecule has 160 valence electrons. The highest BCUT2D eigenvalue weighted by molar-refractivity contribution is 14.0. The first-order valence-electron chi connectivity index (χ1n) is 9.77. The Morgan fingerprint density at radius 1 is 1.25 bits per heavy atom. The first-order chi connectivity index (χ1) is 13.0. The summed E-state index contributed by atoms with van der Waals surface area (Å²) in [6.45, 7) is 9.66. The lowest BCUT2D eigenvalue weighted by molar-refractivity contribution is 0.139. The van der Waals surface area contributed by atoms with Crippen molar-refractivity contribution in [3.63, 3.8) is 0 Å². The molecule has 1 heterocycles. The van der Waals surface area contributed by atoms with E-state index in [2.05, 4.69) is 55.3 Å². The summed E-state index contributed by atoms with van der Waals surface area (Å²) in [5.74, 6) is 1.23. The molecule has 5 nitrogen and oxygen atoms in total. The Kier molecular flexibility index (Phi) is 12.5. The van der Waals surface area contributed by atoms with Gasteiger partial charge in [-0.3, -0.25) is 4.99 Å². The number of nitrogens with one attached hydrogen (secondary N) is 2. The van der Waals surface area contributed by atoms with E-state index in [4.69, 9.17) is 0 Å². The highest BCUT2D eigenvalue weighted by atomic mass is 127. The minimum absolute atomic E-state index is 0. The Labute approximate surface area is 194 Å².